The van der Waals surface area contributed by atoms with Crippen molar-refractivity contribution in [1.29, 1.82) is 0 Å². The third kappa shape index (κ3) is 7.34. The van der Waals surface area contributed by atoms with Crippen molar-refractivity contribution in [3.8, 4) is 0 Å². The van der Waals surface area contributed by atoms with Crippen LogP contribution in [0, 0.1) is 11.8 Å². The van der Waals surface area contributed by atoms with E-state index in [0.29, 0.717) is 35.5 Å². The fourth-order valence-corrected chi connectivity index (χ4v) is 4.47. The van der Waals surface area contributed by atoms with Crippen LogP contribution in [0.2, 0.25) is 0 Å². The van der Waals surface area contributed by atoms with Gasteiger partial charge in [-0.25, -0.2) is 9.97 Å². The van der Waals surface area contributed by atoms with Crippen molar-refractivity contribution >= 4 is 34.4 Å². The molecule has 39 heavy (non-hydrogen) atoms. The number of benzene rings is 2. The third-order valence-corrected chi connectivity index (χ3v) is 6.94. The monoisotopic (exact) mass is 528 g/mol. The maximum atomic E-state index is 13.7. The fraction of sp³-hybridized carbons (Fsp3) is 0.419. The Morgan fingerprint density at radius 2 is 1.64 bits per heavy atom. The maximum Gasteiger partial charge on any atom is 0.253 e. The normalized spacial score (nSPS) is 11.5. The Kier molecular flexibility index (Phi) is 9.17. The number of imidazole rings is 2. The lowest BCUT2D eigenvalue weighted by atomic mass is 10.1. The predicted molar refractivity (Wildman–Crippen MR) is 157 cm³/mol. The van der Waals surface area contributed by atoms with Gasteiger partial charge in [-0.05, 0) is 74.1 Å². The third-order valence-electron chi connectivity index (χ3n) is 6.94. The minimum atomic E-state index is 0.0291. The SMILES string of the molecule is CC(=O)c1ccc(Nc2nc3ccc(C(=O)N(CCC(C)C)CCC(C)C)cc3n2CCc2cnc[nH]2)cc1. The number of aryl methyl sites for hydroxylation is 2. The molecular weight excluding hydrogens is 488 g/mol. The van der Waals surface area contributed by atoms with Crippen LogP contribution in [0.4, 0.5) is 11.6 Å². The minimum Gasteiger partial charge on any atom is -0.348 e. The number of carbonyl (C=O) groups excluding carboxylic acids is 2. The molecule has 0 radical (unpaired) electrons. The Morgan fingerprint density at radius 3 is 2.23 bits per heavy atom. The van der Waals surface area contributed by atoms with E-state index in [4.69, 9.17) is 4.98 Å². The second-order valence-corrected chi connectivity index (χ2v) is 11.0. The average Bonchev–Trinajstić information content (AvgIpc) is 3.54. The van der Waals surface area contributed by atoms with E-state index in [1.165, 1.54) is 0 Å². The number of aromatic amines is 1. The highest BCUT2D eigenvalue weighted by Crippen LogP contribution is 2.26. The molecule has 2 aromatic carbocycles. The number of H-pyrrole nitrogens is 1. The number of anilines is 2. The number of fused-ring (bicyclic) bond motifs is 1. The summed E-state index contributed by atoms with van der Waals surface area (Å²) in [5.74, 6) is 1.84. The molecule has 0 atom stereocenters. The first-order valence-corrected chi connectivity index (χ1v) is 13.9. The Morgan fingerprint density at radius 1 is 0.974 bits per heavy atom. The molecule has 0 fully saturated rings. The zero-order valence-electron chi connectivity index (χ0n) is 23.7. The van der Waals surface area contributed by atoms with Crippen LogP contribution in [0.25, 0.3) is 11.0 Å². The van der Waals surface area contributed by atoms with Crippen LogP contribution >= 0.6 is 0 Å². The van der Waals surface area contributed by atoms with Crippen LogP contribution in [-0.4, -0.2) is 49.2 Å². The number of ketones is 1. The van der Waals surface area contributed by atoms with Crippen molar-refractivity contribution in [2.75, 3.05) is 18.4 Å². The summed E-state index contributed by atoms with van der Waals surface area (Å²) in [6.45, 7) is 12.5. The molecule has 1 amide bonds. The van der Waals surface area contributed by atoms with Gasteiger partial charge in [-0.1, -0.05) is 27.7 Å². The molecule has 206 valence electrons. The van der Waals surface area contributed by atoms with Crippen LogP contribution in [-0.2, 0) is 13.0 Å². The van der Waals surface area contributed by atoms with Crippen molar-refractivity contribution in [3.05, 3.63) is 71.8 Å². The molecule has 8 nitrogen and oxygen atoms in total. The first kappa shape index (κ1) is 28.1. The van der Waals surface area contributed by atoms with Gasteiger partial charge in [-0.3, -0.25) is 9.59 Å². The summed E-state index contributed by atoms with van der Waals surface area (Å²) >= 11 is 0. The summed E-state index contributed by atoms with van der Waals surface area (Å²) < 4.78 is 2.11. The van der Waals surface area contributed by atoms with Gasteiger partial charge in [0.15, 0.2) is 5.78 Å². The van der Waals surface area contributed by atoms with E-state index >= 15 is 0 Å². The van der Waals surface area contributed by atoms with Crippen LogP contribution in [0.15, 0.2) is 55.0 Å². The van der Waals surface area contributed by atoms with E-state index in [1.807, 2.05) is 53.6 Å². The predicted octanol–water partition coefficient (Wildman–Crippen LogP) is 6.48. The topological polar surface area (TPSA) is 95.9 Å². The lowest BCUT2D eigenvalue weighted by Crippen LogP contribution is -2.34. The Labute approximate surface area is 230 Å². The van der Waals surface area contributed by atoms with E-state index in [0.717, 1.165) is 54.8 Å². The number of nitrogens with zero attached hydrogens (tertiary/aromatic N) is 4. The second-order valence-electron chi connectivity index (χ2n) is 11.0. The van der Waals surface area contributed by atoms with Crippen molar-refractivity contribution in [2.45, 2.75) is 60.4 Å². The van der Waals surface area contributed by atoms with E-state index in [-0.39, 0.29) is 11.7 Å². The Hall–Kier alpha value is -3.94. The lowest BCUT2D eigenvalue weighted by Gasteiger charge is -2.24. The molecule has 0 bridgehead atoms. The molecule has 0 aliphatic heterocycles. The number of Topliss-reactive ketones (excluding diaryl/α,β-unsaturated/α-hetero) is 1. The first-order chi connectivity index (χ1) is 18.7. The van der Waals surface area contributed by atoms with Gasteiger partial charge in [0.1, 0.15) is 0 Å². The number of carbonyl (C=O) groups is 2. The molecule has 2 heterocycles. The van der Waals surface area contributed by atoms with Gasteiger partial charge in [0, 0.05) is 54.8 Å². The summed E-state index contributed by atoms with van der Waals surface area (Å²) in [6, 6.07) is 13.2. The lowest BCUT2D eigenvalue weighted by molar-refractivity contribution is 0.0740. The molecule has 0 aliphatic carbocycles. The number of hydrogen-bond donors (Lipinski definition) is 2. The molecule has 0 aliphatic rings. The Balaban J connectivity index is 1.67. The van der Waals surface area contributed by atoms with Gasteiger partial charge >= 0.3 is 0 Å². The number of rotatable bonds is 13. The standard InChI is InChI=1S/C31H40N6O2/c1-21(2)12-15-36(16-13-22(3)4)30(39)25-8-11-28-29(18-25)37(17-14-27-19-32-20-33-27)31(35-28)34-26-9-6-24(7-10-26)23(5)38/h6-11,18-22H,12-17H2,1-5H3,(H,32,33)(H,34,35). The van der Waals surface area contributed by atoms with E-state index in [9.17, 15) is 9.59 Å². The number of hydrogen-bond acceptors (Lipinski definition) is 5. The Bertz CT molecular complexity index is 1370. The molecule has 2 N–H and O–H groups in total. The van der Waals surface area contributed by atoms with Crippen LogP contribution < -0.4 is 5.32 Å². The summed E-state index contributed by atoms with van der Waals surface area (Å²) in [4.78, 5) is 39.6. The number of amides is 1. The molecule has 0 unspecified atom stereocenters. The van der Waals surface area contributed by atoms with Gasteiger partial charge in [-0.2, -0.15) is 0 Å². The van der Waals surface area contributed by atoms with Crippen LogP contribution in [0.5, 0.6) is 0 Å². The smallest absolute Gasteiger partial charge is 0.253 e. The number of nitrogens with one attached hydrogen (secondary N) is 2. The highest BCUT2D eigenvalue weighted by molar-refractivity contribution is 5.98. The van der Waals surface area contributed by atoms with Crippen molar-refractivity contribution < 1.29 is 9.59 Å². The van der Waals surface area contributed by atoms with E-state index in [1.54, 1.807) is 13.3 Å². The van der Waals surface area contributed by atoms with Gasteiger partial charge in [0.05, 0.1) is 17.4 Å². The molecule has 0 saturated heterocycles. The van der Waals surface area contributed by atoms with Gasteiger partial charge in [-0.15, -0.1) is 0 Å². The molecule has 0 spiro atoms. The molecule has 2 aromatic heterocycles. The van der Waals surface area contributed by atoms with Crippen molar-refractivity contribution in [1.82, 2.24) is 24.4 Å². The maximum absolute atomic E-state index is 13.7. The van der Waals surface area contributed by atoms with Gasteiger partial charge < -0.3 is 19.8 Å². The zero-order valence-corrected chi connectivity index (χ0v) is 23.7. The minimum absolute atomic E-state index is 0.0291. The quantitative estimate of drug-likeness (QED) is 0.194. The first-order valence-electron chi connectivity index (χ1n) is 13.9. The second kappa shape index (κ2) is 12.7. The highest BCUT2D eigenvalue weighted by atomic mass is 16.2. The van der Waals surface area contributed by atoms with Crippen molar-refractivity contribution in [2.24, 2.45) is 11.8 Å². The van der Waals surface area contributed by atoms with E-state index in [2.05, 4.69) is 47.5 Å². The van der Waals surface area contributed by atoms with Gasteiger partial charge in [0.2, 0.25) is 5.95 Å². The van der Waals surface area contributed by atoms with Crippen LogP contribution in [0.3, 0.4) is 0 Å². The zero-order chi connectivity index (χ0) is 27.9. The summed E-state index contributed by atoms with van der Waals surface area (Å²) in [7, 11) is 0. The largest absolute Gasteiger partial charge is 0.348 e. The molecule has 4 rings (SSSR count). The van der Waals surface area contributed by atoms with Gasteiger partial charge in [0.25, 0.3) is 5.91 Å². The van der Waals surface area contributed by atoms with Crippen molar-refractivity contribution in [3.63, 3.8) is 0 Å². The summed E-state index contributed by atoms with van der Waals surface area (Å²) in [5, 5.41) is 3.41. The molecule has 4 aromatic rings. The summed E-state index contributed by atoms with van der Waals surface area (Å²) in [5.41, 5.74) is 4.91. The fourth-order valence-electron chi connectivity index (χ4n) is 4.47. The molecule has 0 saturated carbocycles. The molecular formula is C31H40N6O2. The number of aromatic nitrogens is 4. The van der Waals surface area contributed by atoms with Crippen LogP contribution in [0.1, 0.15) is 73.9 Å². The molecule has 8 heteroatoms. The highest BCUT2D eigenvalue weighted by Gasteiger charge is 2.19. The average molecular weight is 529 g/mol. The summed E-state index contributed by atoms with van der Waals surface area (Å²) in [6.07, 6.45) is 6.19. The van der Waals surface area contributed by atoms with E-state index < -0.39 is 0 Å².